The van der Waals surface area contributed by atoms with E-state index >= 15 is 0 Å². The minimum Gasteiger partial charge on any atom is -0.469 e. The van der Waals surface area contributed by atoms with Crippen LogP contribution >= 0.6 is 24.0 Å². The minimum atomic E-state index is 0. The lowest BCUT2D eigenvalue weighted by molar-refractivity contribution is 0.0389. The summed E-state index contributed by atoms with van der Waals surface area (Å²) in [6, 6.07) is 3.90. The minimum absolute atomic E-state index is 0. The number of nitrogens with zero attached hydrogens (tertiary/aromatic N) is 2. The van der Waals surface area contributed by atoms with Crippen molar-refractivity contribution < 1.29 is 13.9 Å². The van der Waals surface area contributed by atoms with Gasteiger partial charge in [0.05, 0.1) is 19.5 Å². The number of furan rings is 1. The highest BCUT2D eigenvalue weighted by Crippen LogP contribution is 1.99. The molecule has 7 nitrogen and oxygen atoms in total. The Morgan fingerprint density at radius 1 is 1.28 bits per heavy atom. The van der Waals surface area contributed by atoms with Crippen LogP contribution in [0.15, 0.2) is 27.8 Å². The van der Waals surface area contributed by atoms with Gasteiger partial charge in [-0.25, -0.2) is 0 Å². The summed E-state index contributed by atoms with van der Waals surface area (Å²) in [6.45, 7) is 7.83. The molecule has 144 valence electrons. The van der Waals surface area contributed by atoms with Gasteiger partial charge in [0.2, 0.25) is 0 Å². The predicted molar refractivity (Wildman–Crippen MR) is 110 cm³/mol. The Bertz CT molecular complexity index is 451. The zero-order valence-corrected chi connectivity index (χ0v) is 17.4. The van der Waals surface area contributed by atoms with Crippen LogP contribution in [-0.2, 0) is 15.9 Å². The van der Waals surface area contributed by atoms with Crippen LogP contribution in [0.5, 0.6) is 0 Å². The monoisotopic (exact) mass is 466 g/mol. The Labute approximate surface area is 167 Å². The van der Waals surface area contributed by atoms with Gasteiger partial charge in [0.25, 0.3) is 0 Å². The van der Waals surface area contributed by atoms with Crippen molar-refractivity contribution in [3.63, 3.8) is 0 Å². The van der Waals surface area contributed by atoms with Gasteiger partial charge >= 0.3 is 0 Å². The lowest BCUT2D eigenvalue weighted by Crippen LogP contribution is -2.44. The fourth-order valence-corrected chi connectivity index (χ4v) is 2.49. The zero-order chi connectivity index (χ0) is 16.9. The Morgan fingerprint density at radius 3 is 2.80 bits per heavy atom. The molecule has 1 aliphatic heterocycles. The molecular weight excluding hydrogens is 435 g/mol. The van der Waals surface area contributed by atoms with Crippen molar-refractivity contribution in [3.8, 4) is 0 Å². The maximum Gasteiger partial charge on any atom is 0.191 e. The van der Waals surface area contributed by atoms with E-state index in [-0.39, 0.29) is 24.0 Å². The molecular formula is C17H31IN4O3. The molecule has 0 unspecified atom stereocenters. The van der Waals surface area contributed by atoms with E-state index in [0.717, 1.165) is 83.7 Å². The first kappa shape index (κ1) is 22.2. The predicted octanol–water partition coefficient (Wildman–Crippen LogP) is 1.34. The van der Waals surface area contributed by atoms with Gasteiger partial charge in [0.15, 0.2) is 5.96 Å². The third-order valence-corrected chi connectivity index (χ3v) is 3.84. The van der Waals surface area contributed by atoms with E-state index in [4.69, 9.17) is 13.9 Å². The first-order valence-electron chi connectivity index (χ1n) is 8.72. The first-order chi connectivity index (χ1) is 11.9. The Hall–Kier alpha value is -0.840. The van der Waals surface area contributed by atoms with Crippen LogP contribution in [0.2, 0.25) is 0 Å². The largest absolute Gasteiger partial charge is 0.469 e. The average molecular weight is 466 g/mol. The van der Waals surface area contributed by atoms with E-state index in [1.54, 1.807) is 13.4 Å². The summed E-state index contributed by atoms with van der Waals surface area (Å²) in [5.41, 5.74) is 0. The molecule has 1 aromatic rings. The fourth-order valence-electron chi connectivity index (χ4n) is 2.49. The van der Waals surface area contributed by atoms with Gasteiger partial charge in [-0.1, -0.05) is 0 Å². The van der Waals surface area contributed by atoms with Gasteiger partial charge < -0.3 is 24.5 Å². The summed E-state index contributed by atoms with van der Waals surface area (Å²) in [7, 11) is 1.72. The topological polar surface area (TPSA) is 71.3 Å². The molecule has 0 aliphatic carbocycles. The fraction of sp³-hybridized carbons (Fsp3) is 0.706. The van der Waals surface area contributed by atoms with Crippen LogP contribution in [0.3, 0.4) is 0 Å². The second-order valence-corrected chi connectivity index (χ2v) is 5.71. The summed E-state index contributed by atoms with van der Waals surface area (Å²) in [4.78, 5) is 7.01. The number of ether oxygens (including phenoxy) is 2. The van der Waals surface area contributed by atoms with Crippen LogP contribution in [0.1, 0.15) is 12.2 Å². The van der Waals surface area contributed by atoms with Crippen LogP contribution in [0.25, 0.3) is 0 Å². The van der Waals surface area contributed by atoms with Gasteiger partial charge in [-0.3, -0.25) is 9.89 Å². The maximum absolute atomic E-state index is 5.37. The third-order valence-electron chi connectivity index (χ3n) is 3.84. The smallest absolute Gasteiger partial charge is 0.191 e. The van der Waals surface area contributed by atoms with Gasteiger partial charge in [0.1, 0.15) is 5.76 Å². The Kier molecular flexibility index (Phi) is 12.7. The van der Waals surface area contributed by atoms with Gasteiger partial charge in [-0.15, -0.1) is 24.0 Å². The lowest BCUT2D eigenvalue weighted by Gasteiger charge is -2.26. The second kappa shape index (κ2) is 14.3. The van der Waals surface area contributed by atoms with Crippen molar-refractivity contribution >= 4 is 29.9 Å². The van der Waals surface area contributed by atoms with E-state index in [0.29, 0.717) is 0 Å². The molecule has 1 saturated heterocycles. The van der Waals surface area contributed by atoms with Crippen molar-refractivity contribution in [2.24, 2.45) is 4.99 Å². The van der Waals surface area contributed by atoms with Crippen molar-refractivity contribution in [1.82, 2.24) is 15.5 Å². The zero-order valence-electron chi connectivity index (χ0n) is 15.0. The number of halogens is 1. The highest BCUT2D eigenvalue weighted by atomic mass is 127. The summed E-state index contributed by atoms with van der Waals surface area (Å²) in [6.07, 6.45) is 3.47. The molecule has 1 aromatic heterocycles. The van der Waals surface area contributed by atoms with E-state index in [9.17, 15) is 0 Å². The standard InChI is InChI=1S/C17H30N4O3.HI/c1-22-12-3-6-18-17(19-7-5-16-4-2-13-24-16)20-8-9-21-10-14-23-15-11-21;/h2,4,13H,3,5-12,14-15H2,1H3,(H2,18,19,20);1H. The molecule has 0 aromatic carbocycles. The van der Waals surface area contributed by atoms with E-state index in [2.05, 4.69) is 20.5 Å². The van der Waals surface area contributed by atoms with E-state index < -0.39 is 0 Å². The number of hydrogen-bond acceptors (Lipinski definition) is 5. The summed E-state index contributed by atoms with van der Waals surface area (Å²) in [5.74, 6) is 1.83. The van der Waals surface area contributed by atoms with Crippen molar-refractivity contribution in [2.75, 3.05) is 66.2 Å². The normalized spacial score (nSPS) is 15.6. The third kappa shape index (κ3) is 10.0. The maximum atomic E-state index is 5.37. The van der Waals surface area contributed by atoms with Gasteiger partial charge in [0, 0.05) is 59.4 Å². The molecule has 2 N–H and O–H groups in total. The van der Waals surface area contributed by atoms with Gasteiger partial charge in [-0.05, 0) is 18.6 Å². The number of guanidine groups is 1. The number of nitrogens with one attached hydrogen (secondary N) is 2. The molecule has 25 heavy (non-hydrogen) atoms. The van der Waals surface area contributed by atoms with Crippen LogP contribution < -0.4 is 10.6 Å². The summed E-state index contributed by atoms with van der Waals surface area (Å²) < 4.78 is 15.8. The van der Waals surface area contributed by atoms with Crippen molar-refractivity contribution in [1.29, 1.82) is 0 Å². The Balaban J connectivity index is 0.00000312. The molecule has 0 bridgehead atoms. The number of hydrogen-bond donors (Lipinski definition) is 2. The van der Waals surface area contributed by atoms with Gasteiger partial charge in [-0.2, -0.15) is 0 Å². The molecule has 8 heteroatoms. The van der Waals surface area contributed by atoms with Crippen LogP contribution in [0.4, 0.5) is 0 Å². The first-order valence-corrected chi connectivity index (χ1v) is 8.72. The molecule has 2 heterocycles. The van der Waals surface area contributed by atoms with Crippen LogP contribution in [-0.4, -0.2) is 77.1 Å². The summed E-state index contributed by atoms with van der Waals surface area (Å²) >= 11 is 0. The molecule has 0 atom stereocenters. The van der Waals surface area contributed by atoms with E-state index in [1.807, 2.05) is 12.1 Å². The number of aliphatic imine (C=N–C) groups is 1. The number of rotatable bonds is 10. The molecule has 1 aliphatic rings. The second-order valence-electron chi connectivity index (χ2n) is 5.71. The number of morpholine rings is 1. The number of methoxy groups -OCH3 is 1. The molecule has 0 saturated carbocycles. The Morgan fingerprint density at radius 2 is 2.08 bits per heavy atom. The SMILES string of the molecule is COCCCN=C(NCCc1ccco1)NCCN1CCOCC1.I. The average Bonchev–Trinajstić information content (AvgIpc) is 3.12. The quantitative estimate of drug-likeness (QED) is 0.235. The van der Waals surface area contributed by atoms with Crippen molar-refractivity contribution in [2.45, 2.75) is 12.8 Å². The highest BCUT2D eigenvalue weighted by Gasteiger charge is 2.09. The van der Waals surface area contributed by atoms with Crippen molar-refractivity contribution in [3.05, 3.63) is 24.2 Å². The summed E-state index contributed by atoms with van der Waals surface area (Å²) in [5, 5.41) is 6.78. The molecule has 0 radical (unpaired) electrons. The lowest BCUT2D eigenvalue weighted by atomic mass is 10.3. The van der Waals surface area contributed by atoms with E-state index in [1.165, 1.54) is 0 Å². The highest BCUT2D eigenvalue weighted by molar-refractivity contribution is 14.0. The molecule has 1 fully saturated rings. The molecule has 2 rings (SSSR count). The molecule has 0 spiro atoms. The van der Waals surface area contributed by atoms with Crippen LogP contribution in [0, 0.1) is 0 Å². The molecule has 0 amide bonds.